The number of rotatable bonds is 2. The zero-order chi connectivity index (χ0) is 16.4. The first-order chi connectivity index (χ1) is 8.56. The molecule has 120 valence electrons. The fourth-order valence-corrected chi connectivity index (χ4v) is 2.44. The van der Waals surface area contributed by atoms with Gasteiger partial charge in [0.2, 0.25) is 5.67 Å². The van der Waals surface area contributed by atoms with Crippen molar-refractivity contribution >= 4 is 15.9 Å². The first-order valence-electron chi connectivity index (χ1n) is 5.14. The lowest BCUT2D eigenvalue weighted by molar-refractivity contribution is -0.440. The van der Waals surface area contributed by atoms with Gasteiger partial charge in [-0.05, 0) is 22.4 Å². The van der Waals surface area contributed by atoms with Crippen LogP contribution in [-0.2, 0) is 0 Å². The fraction of sp³-hybridized carbons (Fsp3) is 1.00. The van der Waals surface area contributed by atoms with Gasteiger partial charge < -0.3 is 0 Å². The summed E-state index contributed by atoms with van der Waals surface area (Å²) in [5, 5.41) is 0. The van der Waals surface area contributed by atoms with Crippen molar-refractivity contribution in [3.05, 3.63) is 0 Å². The smallest absolute Gasteiger partial charge is 0.230 e. The van der Waals surface area contributed by atoms with Crippen molar-refractivity contribution in [3.8, 4) is 0 Å². The van der Waals surface area contributed by atoms with E-state index in [0.717, 1.165) is 22.9 Å². The summed E-state index contributed by atoms with van der Waals surface area (Å²) in [7, 11) is 0. The Morgan fingerprint density at radius 2 is 0.950 bits per heavy atom. The average Bonchev–Trinajstić information content (AvgIpc) is 2.26. The van der Waals surface area contributed by atoms with E-state index in [1.807, 2.05) is 0 Å². The zero-order valence-corrected chi connectivity index (χ0v) is 11.2. The van der Waals surface area contributed by atoms with Gasteiger partial charge in [-0.25, -0.2) is 8.78 Å². The minimum absolute atomic E-state index is 0.842. The maximum atomic E-state index is 13.8. The molecule has 0 amide bonds. The molecule has 1 saturated carbocycles. The van der Waals surface area contributed by atoms with Crippen LogP contribution in [0.2, 0.25) is 0 Å². The van der Waals surface area contributed by atoms with Crippen molar-refractivity contribution in [1.82, 2.24) is 0 Å². The maximum Gasteiger partial charge on any atom is 0.363 e. The third-order valence-corrected chi connectivity index (χ3v) is 4.16. The number of halogens is 11. The summed E-state index contributed by atoms with van der Waals surface area (Å²) in [5.74, 6) is -25.5. The molecule has 1 fully saturated rings. The molecular weight excluding hydrogens is 378 g/mol. The normalized spacial score (nSPS) is 41.4. The molecule has 20 heavy (non-hydrogen) atoms. The highest BCUT2D eigenvalue weighted by Crippen LogP contribution is 2.71. The van der Waals surface area contributed by atoms with Gasteiger partial charge in [-0.15, -0.1) is 0 Å². The lowest BCUT2D eigenvalue weighted by Crippen LogP contribution is -2.83. The molecular formula is C9H7BrF10. The minimum atomic E-state index is -6.39. The van der Waals surface area contributed by atoms with Crippen LogP contribution >= 0.6 is 15.9 Å². The fourth-order valence-electron chi connectivity index (χ4n) is 1.94. The average molecular weight is 385 g/mol. The molecule has 0 spiro atoms. The summed E-state index contributed by atoms with van der Waals surface area (Å²) in [5.41, 5.74) is -5.59. The quantitative estimate of drug-likeness (QED) is 0.458. The Balaban J connectivity index is 3.73. The van der Waals surface area contributed by atoms with E-state index in [9.17, 15) is 43.9 Å². The summed E-state index contributed by atoms with van der Waals surface area (Å²) in [6.45, 7) is 0.842. The summed E-state index contributed by atoms with van der Waals surface area (Å²) >= 11 is 0.896. The van der Waals surface area contributed by atoms with Crippen molar-refractivity contribution < 1.29 is 43.9 Å². The van der Waals surface area contributed by atoms with Crippen LogP contribution in [0, 0.1) is 0 Å². The maximum absolute atomic E-state index is 13.8. The lowest BCUT2D eigenvalue weighted by atomic mass is 9.71. The van der Waals surface area contributed by atoms with Gasteiger partial charge >= 0.3 is 28.3 Å². The van der Waals surface area contributed by atoms with Crippen molar-refractivity contribution in [2.75, 3.05) is 0 Å². The molecule has 0 bridgehead atoms. The first kappa shape index (κ1) is 17.8. The second kappa shape index (κ2) is 4.16. The van der Waals surface area contributed by atoms with E-state index in [4.69, 9.17) is 0 Å². The summed E-state index contributed by atoms with van der Waals surface area (Å²) in [4.78, 5) is 0. The molecule has 1 rings (SSSR count). The van der Waals surface area contributed by atoms with Gasteiger partial charge in [0.25, 0.3) is 0 Å². The van der Waals surface area contributed by atoms with Gasteiger partial charge in [-0.1, -0.05) is 13.3 Å². The highest BCUT2D eigenvalue weighted by atomic mass is 79.9. The van der Waals surface area contributed by atoms with Crippen LogP contribution in [0.4, 0.5) is 43.9 Å². The second-order valence-electron chi connectivity index (χ2n) is 4.42. The van der Waals surface area contributed by atoms with Gasteiger partial charge in [-0.2, -0.15) is 35.1 Å². The molecule has 0 atom stereocenters. The second-order valence-corrected chi connectivity index (χ2v) is 5.52. The predicted octanol–water partition coefficient (Wildman–Crippen LogP) is 5.11. The van der Waals surface area contributed by atoms with E-state index in [1.54, 1.807) is 0 Å². The molecule has 0 N–H and O–H groups in total. The summed E-state index contributed by atoms with van der Waals surface area (Å²) in [6.07, 6.45) is -2.86. The van der Waals surface area contributed by atoms with Gasteiger partial charge in [0.15, 0.2) is 0 Å². The molecule has 0 radical (unpaired) electrons. The van der Waals surface area contributed by atoms with E-state index in [-0.39, 0.29) is 0 Å². The third-order valence-electron chi connectivity index (χ3n) is 3.17. The Kier molecular flexibility index (Phi) is 3.71. The Bertz CT molecular complexity index is 372. The van der Waals surface area contributed by atoms with Crippen molar-refractivity contribution in [2.24, 2.45) is 0 Å². The SMILES string of the molecule is CCCC1(F)C(F)(F)C(F)(F)C(F)(Br)C(F)(F)C1(F)F. The molecule has 0 aromatic rings. The van der Waals surface area contributed by atoms with E-state index >= 15 is 0 Å². The molecule has 11 heteroatoms. The van der Waals surface area contributed by atoms with Crippen molar-refractivity contribution in [1.29, 1.82) is 0 Å². The molecule has 0 aromatic carbocycles. The van der Waals surface area contributed by atoms with Crippen LogP contribution in [0.25, 0.3) is 0 Å². The van der Waals surface area contributed by atoms with Crippen LogP contribution < -0.4 is 0 Å². The molecule has 0 nitrogen and oxygen atoms in total. The van der Waals surface area contributed by atoms with E-state index in [2.05, 4.69) is 0 Å². The standard InChI is InChI=1S/C9H7BrF10/c1-2-3-4(11)6(13,14)8(17,18)5(10,12)9(19,20)7(4,15)16/h2-3H2,1H3. The predicted molar refractivity (Wildman–Crippen MR) is 51.3 cm³/mol. The Hall–Kier alpha value is -0.220. The van der Waals surface area contributed by atoms with Crippen molar-refractivity contribution in [3.63, 3.8) is 0 Å². The van der Waals surface area contributed by atoms with Crippen LogP contribution in [-0.4, -0.2) is 33.9 Å². The lowest BCUT2D eigenvalue weighted by Gasteiger charge is -2.53. The zero-order valence-electron chi connectivity index (χ0n) is 9.57. The first-order valence-corrected chi connectivity index (χ1v) is 5.93. The highest BCUT2D eigenvalue weighted by molar-refractivity contribution is 9.10. The third kappa shape index (κ3) is 1.50. The van der Waals surface area contributed by atoms with Crippen LogP contribution in [0.15, 0.2) is 0 Å². The molecule has 0 unspecified atom stereocenters. The molecule has 0 saturated heterocycles. The molecule has 1 aliphatic carbocycles. The summed E-state index contributed by atoms with van der Waals surface area (Å²) in [6, 6.07) is 0. The van der Waals surface area contributed by atoms with Crippen LogP contribution in [0.1, 0.15) is 19.8 Å². The molecule has 0 heterocycles. The Morgan fingerprint density at radius 1 is 0.650 bits per heavy atom. The van der Waals surface area contributed by atoms with Gasteiger partial charge in [0, 0.05) is 0 Å². The monoisotopic (exact) mass is 384 g/mol. The van der Waals surface area contributed by atoms with Gasteiger partial charge in [0.05, 0.1) is 0 Å². The number of alkyl halides is 11. The topological polar surface area (TPSA) is 0 Å². The largest absolute Gasteiger partial charge is 0.363 e. The number of hydrogen-bond donors (Lipinski definition) is 0. The summed E-state index contributed by atoms with van der Waals surface area (Å²) < 4.78 is 127. The Labute approximate surface area is 114 Å². The highest BCUT2D eigenvalue weighted by Gasteiger charge is 2.99. The number of hydrogen-bond acceptors (Lipinski definition) is 0. The van der Waals surface area contributed by atoms with Crippen molar-refractivity contribution in [2.45, 2.75) is 53.7 Å². The van der Waals surface area contributed by atoms with Gasteiger partial charge in [0.1, 0.15) is 0 Å². The van der Waals surface area contributed by atoms with Gasteiger partial charge in [-0.3, -0.25) is 0 Å². The molecule has 0 aromatic heterocycles. The van der Waals surface area contributed by atoms with E-state index in [0.29, 0.717) is 0 Å². The molecule has 0 aliphatic heterocycles. The van der Waals surface area contributed by atoms with Crippen LogP contribution in [0.3, 0.4) is 0 Å². The Morgan fingerprint density at radius 3 is 1.20 bits per heavy atom. The molecule has 1 aliphatic rings. The minimum Gasteiger partial charge on any atom is -0.230 e. The van der Waals surface area contributed by atoms with E-state index in [1.165, 1.54) is 0 Å². The van der Waals surface area contributed by atoms with Crippen LogP contribution in [0.5, 0.6) is 0 Å². The van der Waals surface area contributed by atoms with E-state index < -0.39 is 46.8 Å².